The number of amides is 2. The van der Waals surface area contributed by atoms with Crippen LogP contribution in [0.4, 0.5) is 19.3 Å². The van der Waals surface area contributed by atoms with E-state index in [1.54, 1.807) is 0 Å². The second-order valence-corrected chi connectivity index (χ2v) is 5.12. The number of anilines is 1. The molecule has 2 amide bonds. The van der Waals surface area contributed by atoms with E-state index in [2.05, 4.69) is 10.6 Å². The Bertz CT molecular complexity index is 488. The van der Waals surface area contributed by atoms with Crippen LogP contribution in [0.1, 0.15) is 32.1 Å². The van der Waals surface area contributed by atoms with Gasteiger partial charge in [-0.3, -0.25) is 0 Å². The number of aromatic hydroxyl groups is 1. The van der Waals surface area contributed by atoms with E-state index in [0.29, 0.717) is 18.5 Å². The molecule has 20 heavy (non-hydrogen) atoms. The van der Waals surface area contributed by atoms with E-state index in [4.69, 9.17) is 0 Å². The number of carbonyl (C=O) groups is 1. The molecule has 4 nitrogen and oxygen atoms in total. The Morgan fingerprint density at radius 3 is 2.65 bits per heavy atom. The van der Waals surface area contributed by atoms with Gasteiger partial charge in [-0.25, -0.2) is 13.6 Å². The van der Waals surface area contributed by atoms with Gasteiger partial charge in [0.2, 0.25) is 0 Å². The Hall–Kier alpha value is -1.85. The summed E-state index contributed by atoms with van der Waals surface area (Å²) in [5.41, 5.74) is -0.274. The Morgan fingerprint density at radius 2 is 1.95 bits per heavy atom. The van der Waals surface area contributed by atoms with Crippen molar-refractivity contribution in [3.63, 3.8) is 0 Å². The number of nitrogens with one attached hydrogen (secondary N) is 2. The van der Waals surface area contributed by atoms with E-state index in [9.17, 15) is 18.7 Å². The quantitative estimate of drug-likeness (QED) is 0.745. The van der Waals surface area contributed by atoms with Gasteiger partial charge in [0.25, 0.3) is 0 Å². The molecule has 1 aromatic carbocycles. The Labute approximate surface area is 116 Å². The largest absolute Gasteiger partial charge is 0.503 e. The van der Waals surface area contributed by atoms with Crippen LogP contribution < -0.4 is 10.6 Å². The Balaban J connectivity index is 1.88. The van der Waals surface area contributed by atoms with Crippen LogP contribution in [0.5, 0.6) is 5.75 Å². The molecule has 0 radical (unpaired) electrons. The number of phenols is 1. The molecule has 1 aliphatic rings. The summed E-state index contributed by atoms with van der Waals surface area (Å²) < 4.78 is 26.1. The van der Waals surface area contributed by atoms with E-state index in [1.807, 2.05) is 0 Å². The van der Waals surface area contributed by atoms with Gasteiger partial charge in [0.05, 0.1) is 5.69 Å². The lowest BCUT2D eigenvalue weighted by molar-refractivity contribution is 0.247. The molecule has 3 N–H and O–H groups in total. The smallest absolute Gasteiger partial charge is 0.319 e. The zero-order valence-electron chi connectivity index (χ0n) is 11.1. The highest BCUT2D eigenvalue weighted by atomic mass is 19.1. The van der Waals surface area contributed by atoms with Crippen molar-refractivity contribution in [3.8, 4) is 5.75 Å². The molecule has 0 aliphatic heterocycles. The van der Waals surface area contributed by atoms with Crippen molar-refractivity contribution in [2.24, 2.45) is 5.92 Å². The first-order valence-corrected chi connectivity index (χ1v) is 6.79. The van der Waals surface area contributed by atoms with Gasteiger partial charge >= 0.3 is 6.03 Å². The van der Waals surface area contributed by atoms with Crippen molar-refractivity contribution in [2.45, 2.75) is 32.1 Å². The van der Waals surface area contributed by atoms with Gasteiger partial charge in [-0.15, -0.1) is 0 Å². The lowest BCUT2D eigenvalue weighted by Gasteiger charge is -2.21. The average molecular weight is 284 g/mol. The van der Waals surface area contributed by atoms with Crippen molar-refractivity contribution < 1.29 is 18.7 Å². The van der Waals surface area contributed by atoms with Crippen LogP contribution >= 0.6 is 0 Å². The highest BCUT2D eigenvalue weighted by Crippen LogP contribution is 2.27. The van der Waals surface area contributed by atoms with Crippen molar-refractivity contribution in [2.75, 3.05) is 11.9 Å². The fourth-order valence-corrected chi connectivity index (χ4v) is 2.46. The number of urea groups is 1. The van der Waals surface area contributed by atoms with Gasteiger partial charge in [-0.2, -0.15) is 0 Å². The second kappa shape index (κ2) is 6.54. The van der Waals surface area contributed by atoms with Crippen LogP contribution in [-0.4, -0.2) is 17.7 Å². The minimum atomic E-state index is -1.10. The Morgan fingerprint density at radius 1 is 1.25 bits per heavy atom. The third-order valence-corrected chi connectivity index (χ3v) is 3.55. The van der Waals surface area contributed by atoms with Gasteiger partial charge in [-0.1, -0.05) is 19.3 Å². The predicted molar refractivity (Wildman–Crippen MR) is 71.6 cm³/mol. The number of halogens is 2. The van der Waals surface area contributed by atoms with Crippen molar-refractivity contribution in [1.29, 1.82) is 0 Å². The maximum atomic E-state index is 13.1. The number of phenolic OH excluding ortho intramolecular Hbond substituents is 1. The van der Waals surface area contributed by atoms with Crippen LogP contribution in [0.2, 0.25) is 0 Å². The molecule has 0 atom stereocenters. The fraction of sp³-hybridized carbons (Fsp3) is 0.500. The van der Waals surface area contributed by atoms with Crippen molar-refractivity contribution >= 4 is 11.7 Å². The number of benzene rings is 1. The lowest BCUT2D eigenvalue weighted by atomic mass is 9.89. The molecule has 0 unspecified atom stereocenters. The third kappa shape index (κ3) is 3.82. The first-order chi connectivity index (χ1) is 9.56. The molecule has 1 fully saturated rings. The van der Waals surface area contributed by atoms with E-state index in [0.717, 1.165) is 18.9 Å². The average Bonchev–Trinajstić information content (AvgIpc) is 2.43. The second-order valence-electron chi connectivity index (χ2n) is 5.12. The van der Waals surface area contributed by atoms with E-state index < -0.39 is 23.4 Å². The van der Waals surface area contributed by atoms with Crippen LogP contribution in [0.15, 0.2) is 12.1 Å². The molecule has 0 spiro atoms. The topological polar surface area (TPSA) is 61.4 Å². The minimum absolute atomic E-state index is 0.274. The standard InChI is InChI=1S/C14H18F2N2O2/c15-10-6-11(16)13(19)12(7-10)18-14(20)17-8-9-4-2-1-3-5-9/h6-7,9,19H,1-5,8H2,(H2,17,18,20). The zero-order valence-corrected chi connectivity index (χ0v) is 11.1. The van der Waals surface area contributed by atoms with E-state index >= 15 is 0 Å². The zero-order chi connectivity index (χ0) is 14.5. The van der Waals surface area contributed by atoms with E-state index in [1.165, 1.54) is 19.3 Å². The van der Waals surface area contributed by atoms with E-state index in [-0.39, 0.29) is 5.69 Å². The molecule has 0 heterocycles. The molecule has 0 bridgehead atoms. The maximum absolute atomic E-state index is 13.1. The molecule has 2 rings (SSSR count). The first kappa shape index (κ1) is 14.6. The number of rotatable bonds is 3. The SMILES string of the molecule is O=C(NCC1CCCCC1)Nc1cc(F)cc(F)c1O. The third-order valence-electron chi connectivity index (χ3n) is 3.55. The van der Waals surface area contributed by atoms with Crippen LogP contribution in [-0.2, 0) is 0 Å². The number of carbonyl (C=O) groups excluding carboxylic acids is 1. The highest BCUT2D eigenvalue weighted by Gasteiger charge is 2.16. The molecule has 6 heteroatoms. The summed E-state index contributed by atoms with van der Waals surface area (Å²) >= 11 is 0. The Kier molecular flexibility index (Phi) is 4.76. The molecule has 110 valence electrons. The summed E-state index contributed by atoms with van der Waals surface area (Å²) in [4.78, 5) is 11.7. The molecular formula is C14H18F2N2O2. The van der Waals surface area contributed by atoms with Crippen molar-refractivity contribution in [3.05, 3.63) is 23.8 Å². The van der Waals surface area contributed by atoms with Gasteiger partial charge in [0, 0.05) is 18.7 Å². The summed E-state index contributed by atoms with van der Waals surface area (Å²) in [6.07, 6.45) is 5.74. The normalized spacial score (nSPS) is 15.9. The summed E-state index contributed by atoms with van der Waals surface area (Å²) in [5, 5.41) is 14.3. The van der Waals surface area contributed by atoms with Crippen LogP contribution in [0, 0.1) is 17.6 Å². The van der Waals surface area contributed by atoms with Gasteiger partial charge in [-0.05, 0) is 18.8 Å². The van der Waals surface area contributed by atoms with Gasteiger partial charge in [0.1, 0.15) is 5.82 Å². The van der Waals surface area contributed by atoms with Gasteiger partial charge in [0.15, 0.2) is 11.6 Å². The number of hydrogen-bond acceptors (Lipinski definition) is 2. The number of hydrogen-bond donors (Lipinski definition) is 3. The summed E-state index contributed by atoms with van der Waals surface area (Å²) in [5.74, 6) is -2.28. The molecule has 1 aromatic rings. The summed E-state index contributed by atoms with van der Waals surface area (Å²) in [6.45, 7) is 0.532. The van der Waals surface area contributed by atoms with Gasteiger partial charge < -0.3 is 15.7 Å². The summed E-state index contributed by atoms with van der Waals surface area (Å²) in [7, 11) is 0. The van der Waals surface area contributed by atoms with Crippen LogP contribution in [0.25, 0.3) is 0 Å². The lowest BCUT2D eigenvalue weighted by Crippen LogP contribution is -2.33. The highest BCUT2D eigenvalue weighted by molar-refractivity contribution is 5.90. The maximum Gasteiger partial charge on any atom is 0.319 e. The molecule has 0 saturated heterocycles. The molecule has 1 aliphatic carbocycles. The predicted octanol–water partition coefficient (Wildman–Crippen LogP) is 3.37. The van der Waals surface area contributed by atoms with Crippen LogP contribution in [0.3, 0.4) is 0 Å². The molecule has 0 aromatic heterocycles. The monoisotopic (exact) mass is 284 g/mol. The summed E-state index contributed by atoms with van der Waals surface area (Å²) in [6, 6.07) is 0.856. The first-order valence-electron chi connectivity index (χ1n) is 6.79. The fourth-order valence-electron chi connectivity index (χ4n) is 2.46. The van der Waals surface area contributed by atoms with Crippen molar-refractivity contribution in [1.82, 2.24) is 5.32 Å². The minimum Gasteiger partial charge on any atom is -0.503 e. The molecule has 1 saturated carbocycles. The molecular weight excluding hydrogens is 266 g/mol.